The molecule has 0 bridgehead atoms. The van der Waals surface area contributed by atoms with Crippen LogP contribution in [0.4, 0.5) is 11.5 Å². The minimum atomic E-state index is -3.10. The van der Waals surface area contributed by atoms with Crippen molar-refractivity contribution >= 4 is 33.3 Å². The van der Waals surface area contributed by atoms with E-state index in [2.05, 4.69) is 43.1 Å². The standard InChI is InChI=1S/C16H19N5O2S2/c1-25(22,23)19-7-12-9-21(10-12)8-11-2-3-14-13(6-11)20-15-16(24-14)18-5-4-17-15/h2-6,12,19H,7-10H2,1H3,(H,17,20). The van der Waals surface area contributed by atoms with Crippen molar-refractivity contribution in [3.63, 3.8) is 0 Å². The van der Waals surface area contributed by atoms with E-state index < -0.39 is 10.0 Å². The van der Waals surface area contributed by atoms with Gasteiger partial charge in [0.1, 0.15) is 5.03 Å². The molecule has 0 radical (unpaired) electrons. The molecule has 0 atom stereocenters. The average Bonchev–Trinajstić information content (AvgIpc) is 2.53. The van der Waals surface area contributed by atoms with Gasteiger partial charge in [-0.25, -0.2) is 23.1 Å². The minimum Gasteiger partial charge on any atom is -0.337 e. The molecular formula is C16H19N5O2S2. The van der Waals surface area contributed by atoms with E-state index in [1.54, 1.807) is 24.2 Å². The number of nitrogens with zero attached hydrogens (tertiary/aromatic N) is 3. The zero-order chi connectivity index (χ0) is 17.4. The van der Waals surface area contributed by atoms with Gasteiger partial charge in [-0.05, 0) is 23.6 Å². The van der Waals surface area contributed by atoms with Gasteiger partial charge in [0.15, 0.2) is 5.82 Å². The van der Waals surface area contributed by atoms with Crippen LogP contribution < -0.4 is 10.0 Å². The van der Waals surface area contributed by atoms with Gasteiger partial charge >= 0.3 is 0 Å². The van der Waals surface area contributed by atoms with Crippen LogP contribution in [0, 0.1) is 5.92 Å². The molecule has 1 fully saturated rings. The molecule has 0 saturated carbocycles. The van der Waals surface area contributed by atoms with Crippen LogP contribution in [-0.4, -0.2) is 49.2 Å². The highest BCUT2D eigenvalue weighted by Crippen LogP contribution is 2.42. The van der Waals surface area contributed by atoms with Crippen LogP contribution in [0.2, 0.25) is 0 Å². The normalized spacial score (nSPS) is 17.3. The van der Waals surface area contributed by atoms with Crippen molar-refractivity contribution in [1.29, 1.82) is 0 Å². The Hall–Kier alpha value is -1.68. The molecule has 1 aromatic heterocycles. The van der Waals surface area contributed by atoms with Crippen molar-refractivity contribution in [2.75, 3.05) is 31.2 Å². The lowest BCUT2D eigenvalue weighted by atomic mass is 9.99. The summed E-state index contributed by atoms with van der Waals surface area (Å²) in [5.74, 6) is 1.19. The van der Waals surface area contributed by atoms with Crippen molar-refractivity contribution in [1.82, 2.24) is 19.6 Å². The van der Waals surface area contributed by atoms with Gasteiger partial charge in [0.05, 0.1) is 11.9 Å². The Balaban J connectivity index is 1.35. The number of likely N-dealkylation sites (tertiary alicyclic amines) is 1. The maximum absolute atomic E-state index is 11.1. The van der Waals surface area contributed by atoms with E-state index >= 15 is 0 Å². The Morgan fingerprint density at radius 2 is 2.12 bits per heavy atom. The topological polar surface area (TPSA) is 87.2 Å². The molecule has 4 rings (SSSR count). The van der Waals surface area contributed by atoms with E-state index in [0.29, 0.717) is 12.5 Å². The molecule has 2 N–H and O–H groups in total. The smallest absolute Gasteiger partial charge is 0.208 e. The minimum absolute atomic E-state index is 0.392. The third-order valence-electron chi connectivity index (χ3n) is 4.24. The van der Waals surface area contributed by atoms with Crippen molar-refractivity contribution in [2.45, 2.75) is 16.5 Å². The third kappa shape index (κ3) is 3.95. The first-order valence-corrected chi connectivity index (χ1v) is 10.7. The highest BCUT2D eigenvalue weighted by atomic mass is 32.2. The summed E-state index contributed by atoms with van der Waals surface area (Å²) in [5, 5.41) is 4.24. The molecule has 2 aliphatic rings. The Morgan fingerprint density at radius 3 is 2.92 bits per heavy atom. The summed E-state index contributed by atoms with van der Waals surface area (Å²) in [5.41, 5.74) is 2.29. The second-order valence-electron chi connectivity index (χ2n) is 6.45. The molecule has 0 spiro atoms. The molecule has 2 aliphatic heterocycles. The highest BCUT2D eigenvalue weighted by Gasteiger charge is 2.27. The first kappa shape index (κ1) is 16.8. The molecule has 1 aromatic carbocycles. The van der Waals surface area contributed by atoms with Crippen molar-refractivity contribution in [2.24, 2.45) is 5.92 Å². The summed E-state index contributed by atoms with van der Waals surface area (Å²) < 4.78 is 24.8. The van der Waals surface area contributed by atoms with Gasteiger partial charge in [-0.2, -0.15) is 0 Å². The second kappa shape index (κ2) is 6.56. The van der Waals surface area contributed by atoms with E-state index in [0.717, 1.165) is 41.1 Å². The van der Waals surface area contributed by atoms with Crippen molar-refractivity contribution < 1.29 is 8.42 Å². The van der Waals surface area contributed by atoms with E-state index in [1.165, 1.54) is 11.8 Å². The van der Waals surface area contributed by atoms with Gasteiger partial charge in [0, 0.05) is 43.5 Å². The molecular weight excluding hydrogens is 358 g/mol. The summed E-state index contributed by atoms with van der Waals surface area (Å²) in [6, 6.07) is 6.40. The molecule has 3 heterocycles. The van der Waals surface area contributed by atoms with Gasteiger partial charge in [-0.1, -0.05) is 17.8 Å². The van der Waals surface area contributed by atoms with E-state index in [4.69, 9.17) is 0 Å². The predicted molar refractivity (Wildman–Crippen MR) is 97.5 cm³/mol. The first-order valence-electron chi connectivity index (χ1n) is 8.02. The van der Waals surface area contributed by atoms with Crippen molar-refractivity contribution in [3.8, 4) is 0 Å². The maximum atomic E-state index is 11.1. The fraction of sp³-hybridized carbons (Fsp3) is 0.375. The lowest BCUT2D eigenvalue weighted by Gasteiger charge is -2.39. The number of benzene rings is 1. The van der Waals surface area contributed by atoms with Crippen LogP contribution in [0.25, 0.3) is 0 Å². The molecule has 0 aliphatic carbocycles. The summed E-state index contributed by atoms with van der Waals surface area (Å²) >= 11 is 1.62. The van der Waals surface area contributed by atoms with E-state index in [9.17, 15) is 8.42 Å². The fourth-order valence-corrected chi connectivity index (χ4v) is 4.46. The Bertz CT molecular complexity index is 897. The maximum Gasteiger partial charge on any atom is 0.208 e. The summed E-state index contributed by atoms with van der Waals surface area (Å²) in [4.78, 5) is 12.1. The third-order valence-corrected chi connectivity index (χ3v) is 6.00. The number of rotatable bonds is 5. The summed E-state index contributed by atoms with van der Waals surface area (Å²) in [6.07, 6.45) is 4.59. The number of aromatic nitrogens is 2. The summed E-state index contributed by atoms with van der Waals surface area (Å²) in [7, 11) is -3.10. The molecule has 9 heteroatoms. The number of nitrogens with one attached hydrogen (secondary N) is 2. The van der Waals surface area contributed by atoms with Crippen LogP contribution in [0.3, 0.4) is 0 Å². The predicted octanol–water partition coefficient (Wildman–Crippen LogP) is 1.67. The van der Waals surface area contributed by atoms with Crippen LogP contribution in [0.5, 0.6) is 0 Å². The first-order chi connectivity index (χ1) is 12.0. The molecule has 7 nitrogen and oxygen atoms in total. The quantitative estimate of drug-likeness (QED) is 0.699. The SMILES string of the molecule is CS(=O)(=O)NCC1CN(Cc2ccc3c(c2)Nc2nccnc2S3)C1. The average molecular weight is 377 g/mol. The fourth-order valence-electron chi connectivity index (χ4n) is 3.04. The Kier molecular flexibility index (Phi) is 4.40. The van der Waals surface area contributed by atoms with Gasteiger partial charge in [-0.15, -0.1) is 0 Å². The lowest BCUT2D eigenvalue weighted by Crippen LogP contribution is -2.50. The lowest BCUT2D eigenvalue weighted by molar-refractivity contribution is 0.0955. The number of hydrogen-bond donors (Lipinski definition) is 2. The van der Waals surface area contributed by atoms with Gasteiger partial charge in [0.25, 0.3) is 0 Å². The molecule has 0 unspecified atom stereocenters. The number of fused-ring (bicyclic) bond motifs is 2. The number of anilines is 2. The van der Waals surface area contributed by atoms with Gasteiger partial charge < -0.3 is 5.32 Å². The van der Waals surface area contributed by atoms with Crippen LogP contribution in [0.15, 0.2) is 40.5 Å². The Labute approximate surface area is 151 Å². The molecule has 2 aromatic rings. The van der Waals surface area contributed by atoms with Crippen LogP contribution in [0.1, 0.15) is 5.56 Å². The second-order valence-corrected chi connectivity index (χ2v) is 9.31. The van der Waals surface area contributed by atoms with Crippen LogP contribution >= 0.6 is 11.8 Å². The molecule has 25 heavy (non-hydrogen) atoms. The molecule has 0 amide bonds. The Morgan fingerprint density at radius 1 is 1.32 bits per heavy atom. The molecule has 1 saturated heterocycles. The van der Waals surface area contributed by atoms with E-state index in [1.807, 2.05) is 0 Å². The van der Waals surface area contributed by atoms with Crippen LogP contribution in [-0.2, 0) is 16.6 Å². The largest absolute Gasteiger partial charge is 0.337 e. The monoisotopic (exact) mass is 377 g/mol. The zero-order valence-electron chi connectivity index (χ0n) is 13.8. The van der Waals surface area contributed by atoms with Gasteiger partial charge in [-0.3, -0.25) is 4.90 Å². The van der Waals surface area contributed by atoms with Gasteiger partial charge in [0.2, 0.25) is 10.0 Å². The number of sulfonamides is 1. The summed E-state index contributed by atoms with van der Waals surface area (Å²) in [6.45, 7) is 3.21. The zero-order valence-corrected chi connectivity index (χ0v) is 15.4. The highest BCUT2D eigenvalue weighted by molar-refractivity contribution is 7.99. The van der Waals surface area contributed by atoms with E-state index in [-0.39, 0.29) is 0 Å². The number of hydrogen-bond acceptors (Lipinski definition) is 7. The molecule has 132 valence electrons. The van der Waals surface area contributed by atoms with Crippen molar-refractivity contribution in [3.05, 3.63) is 36.2 Å².